The SMILES string of the molecule is CCN(CC)C(=O)[C@@H]1C[C@@H](N)CN1S(=O)(=O)CCC(F)(F)F. The van der Waals surface area contributed by atoms with E-state index in [0.29, 0.717) is 13.1 Å². The zero-order valence-corrected chi connectivity index (χ0v) is 13.5. The van der Waals surface area contributed by atoms with E-state index in [4.69, 9.17) is 5.73 Å². The second-order valence-corrected chi connectivity index (χ2v) is 7.31. The Labute approximate surface area is 128 Å². The monoisotopic (exact) mass is 345 g/mol. The van der Waals surface area contributed by atoms with Crippen molar-refractivity contribution in [1.82, 2.24) is 9.21 Å². The summed E-state index contributed by atoms with van der Waals surface area (Å²) < 4.78 is 61.9. The molecule has 0 radical (unpaired) electrons. The van der Waals surface area contributed by atoms with Crippen molar-refractivity contribution in [1.29, 1.82) is 0 Å². The lowest BCUT2D eigenvalue weighted by molar-refractivity contribution is -0.134. The quantitative estimate of drug-likeness (QED) is 0.761. The van der Waals surface area contributed by atoms with Gasteiger partial charge in [-0.05, 0) is 20.3 Å². The van der Waals surface area contributed by atoms with E-state index in [9.17, 15) is 26.4 Å². The molecule has 2 N–H and O–H groups in total. The van der Waals surface area contributed by atoms with Crippen LogP contribution in [0.1, 0.15) is 26.7 Å². The average Bonchev–Trinajstić information content (AvgIpc) is 2.80. The lowest BCUT2D eigenvalue weighted by Gasteiger charge is -2.28. The first-order chi connectivity index (χ1) is 10.0. The number of likely N-dealkylation sites (N-methyl/N-ethyl adjacent to an activating group) is 1. The number of rotatable bonds is 6. The summed E-state index contributed by atoms with van der Waals surface area (Å²) in [5.41, 5.74) is 5.72. The number of hydrogen-bond acceptors (Lipinski definition) is 4. The minimum atomic E-state index is -4.56. The maximum Gasteiger partial charge on any atom is 0.390 e. The summed E-state index contributed by atoms with van der Waals surface area (Å²) in [6.07, 6.45) is -5.87. The van der Waals surface area contributed by atoms with E-state index in [1.807, 2.05) is 0 Å². The third kappa shape index (κ3) is 4.82. The first-order valence-electron chi connectivity index (χ1n) is 7.12. The van der Waals surface area contributed by atoms with Gasteiger partial charge in [-0.2, -0.15) is 17.5 Å². The molecule has 0 aliphatic carbocycles. The Morgan fingerprint density at radius 2 is 1.86 bits per heavy atom. The fourth-order valence-corrected chi connectivity index (χ4v) is 4.18. The van der Waals surface area contributed by atoms with Crippen LogP contribution >= 0.6 is 0 Å². The Morgan fingerprint density at radius 1 is 1.32 bits per heavy atom. The van der Waals surface area contributed by atoms with Crippen LogP contribution in [-0.2, 0) is 14.8 Å². The van der Waals surface area contributed by atoms with Crippen molar-refractivity contribution in [3.8, 4) is 0 Å². The normalized spacial score (nSPS) is 23.7. The summed E-state index contributed by atoms with van der Waals surface area (Å²) in [6.45, 7) is 4.17. The number of sulfonamides is 1. The number of carbonyl (C=O) groups is 1. The number of halogens is 3. The number of amides is 1. The van der Waals surface area contributed by atoms with Gasteiger partial charge < -0.3 is 10.6 Å². The highest BCUT2D eigenvalue weighted by Crippen LogP contribution is 2.26. The lowest BCUT2D eigenvalue weighted by atomic mass is 10.1. The van der Waals surface area contributed by atoms with Gasteiger partial charge in [0.2, 0.25) is 15.9 Å². The fraction of sp³-hybridized carbons (Fsp3) is 0.917. The summed E-state index contributed by atoms with van der Waals surface area (Å²) in [5, 5.41) is 0. The van der Waals surface area contributed by atoms with E-state index in [-0.39, 0.29) is 13.0 Å². The molecule has 22 heavy (non-hydrogen) atoms. The highest BCUT2D eigenvalue weighted by atomic mass is 32.2. The summed E-state index contributed by atoms with van der Waals surface area (Å²) in [5.74, 6) is -1.47. The van der Waals surface area contributed by atoms with Gasteiger partial charge >= 0.3 is 6.18 Å². The lowest BCUT2D eigenvalue weighted by Crippen LogP contribution is -2.48. The van der Waals surface area contributed by atoms with Crippen LogP contribution in [0.5, 0.6) is 0 Å². The molecule has 6 nitrogen and oxygen atoms in total. The molecule has 1 amide bonds. The molecule has 1 saturated heterocycles. The highest BCUT2D eigenvalue weighted by Gasteiger charge is 2.44. The zero-order chi connectivity index (χ0) is 17.1. The minimum Gasteiger partial charge on any atom is -0.342 e. The third-order valence-corrected chi connectivity index (χ3v) is 5.49. The van der Waals surface area contributed by atoms with Gasteiger partial charge in [-0.3, -0.25) is 4.79 Å². The van der Waals surface area contributed by atoms with E-state index in [1.165, 1.54) is 4.90 Å². The fourth-order valence-electron chi connectivity index (χ4n) is 2.48. The van der Waals surface area contributed by atoms with Crippen molar-refractivity contribution < 1.29 is 26.4 Å². The summed E-state index contributed by atoms with van der Waals surface area (Å²) in [7, 11) is -4.18. The molecule has 1 heterocycles. The molecular weight excluding hydrogens is 323 g/mol. The van der Waals surface area contributed by atoms with Crippen LogP contribution in [0.2, 0.25) is 0 Å². The molecule has 0 spiro atoms. The van der Waals surface area contributed by atoms with E-state index in [0.717, 1.165) is 4.31 Å². The van der Waals surface area contributed by atoms with Crippen LogP contribution in [-0.4, -0.2) is 67.2 Å². The first-order valence-corrected chi connectivity index (χ1v) is 8.73. The van der Waals surface area contributed by atoms with Crippen molar-refractivity contribution in [3.05, 3.63) is 0 Å². The van der Waals surface area contributed by atoms with Crippen molar-refractivity contribution in [2.45, 2.75) is 44.9 Å². The van der Waals surface area contributed by atoms with Gasteiger partial charge in [-0.25, -0.2) is 8.42 Å². The van der Waals surface area contributed by atoms with Crippen LogP contribution < -0.4 is 5.73 Å². The third-order valence-electron chi connectivity index (χ3n) is 3.65. The second-order valence-electron chi connectivity index (χ2n) is 5.27. The Morgan fingerprint density at radius 3 is 2.32 bits per heavy atom. The second kappa shape index (κ2) is 7.14. The maximum absolute atomic E-state index is 12.4. The molecule has 2 atom stereocenters. The van der Waals surface area contributed by atoms with Crippen LogP contribution in [0.3, 0.4) is 0 Å². The van der Waals surface area contributed by atoms with Gasteiger partial charge in [0.15, 0.2) is 0 Å². The standard InChI is InChI=1S/C12H22F3N3O3S/c1-3-17(4-2)11(19)10-7-9(16)8-18(10)22(20,21)6-5-12(13,14)15/h9-10H,3-8,16H2,1-2H3/t9-,10+/m1/s1. The zero-order valence-electron chi connectivity index (χ0n) is 12.6. The first kappa shape index (κ1) is 19.2. The molecule has 0 aromatic heterocycles. The van der Waals surface area contributed by atoms with E-state index >= 15 is 0 Å². The van der Waals surface area contributed by atoms with Crippen LogP contribution in [0.25, 0.3) is 0 Å². The average molecular weight is 345 g/mol. The summed E-state index contributed by atoms with van der Waals surface area (Å²) in [4.78, 5) is 13.8. The molecule has 0 unspecified atom stereocenters. The van der Waals surface area contributed by atoms with Gasteiger partial charge in [-0.1, -0.05) is 0 Å². The molecular formula is C12H22F3N3O3S. The van der Waals surface area contributed by atoms with Crippen LogP contribution in [0.15, 0.2) is 0 Å². The van der Waals surface area contributed by atoms with Crippen LogP contribution in [0.4, 0.5) is 13.2 Å². The molecule has 0 bridgehead atoms. The molecule has 1 aliphatic heterocycles. The van der Waals surface area contributed by atoms with Crippen molar-refractivity contribution >= 4 is 15.9 Å². The van der Waals surface area contributed by atoms with Crippen molar-refractivity contribution in [2.24, 2.45) is 5.73 Å². The Balaban J connectivity index is 2.92. The largest absolute Gasteiger partial charge is 0.390 e. The summed E-state index contributed by atoms with van der Waals surface area (Å²) in [6, 6.07) is -1.56. The van der Waals surface area contributed by atoms with Gasteiger partial charge in [0, 0.05) is 25.7 Å². The smallest absolute Gasteiger partial charge is 0.342 e. The molecule has 0 saturated carbocycles. The van der Waals surface area contributed by atoms with Crippen LogP contribution in [0, 0.1) is 0 Å². The van der Waals surface area contributed by atoms with E-state index in [2.05, 4.69) is 0 Å². The van der Waals surface area contributed by atoms with Gasteiger partial charge in [0.25, 0.3) is 0 Å². The molecule has 130 valence electrons. The summed E-state index contributed by atoms with van der Waals surface area (Å²) >= 11 is 0. The Kier molecular flexibility index (Phi) is 6.22. The molecule has 1 fully saturated rings. The number of alkyl halides is 3. The van der Waals surface area contributed by atoms with Gasteiger partial charge in [-0.15, -0.1) is 0 Å². The molecule has 0 aromatic carbocycles. The van der Waals surface area contributed by atoms with E-state index in [1.54, 1.807) is 13.8 Å². The molecule has 0 aromatic rings. The van der Waals surface area contributed by atoms with Crippen molar-refractivity contribution in [2.75, 3.05) is 25.4 Å². The number of nitrogens with two attached hydrogens (primary N) is 1. The number of carbonyl (C=O) groups excluding carboxylic acids is 1. The Hall–Kier alpha value is -0.870. The Bertz CT molecular complexity index is 492. The topological polar surface area (TPSA) is 83.7 Å². The highest BCUT2D eigenvalue weighted by molar-refractivity contribution is 7.89. The minimum absolute atomic E-state index is 0.126. The maximum atomic E-state index is 12.4. The molecule has 10 heteroatoms. The molecule has 1 aliphatic rings. The predicted octanol–water partition coefficient (Wildman–Crippen LogP) is 0.539. The van der Waals surface area contributed by atoms with Gasteiger partial charge in [0.1, 0.15) is 6.04 Å². The predicted molar refractivity (Wildman–Crippen MR) is 75.5 cm³/mol. The molecule has 1 rings (SSSR count). The van der Waals surface area contributed by atoms with E-state index < -0.39 is 46.4 Å². The number of hydrogen-bond donors (Lipinski definition) is 1. The number of nitrogens with zero attached hydrogens (tertiary/aromatic N) is 2. The van der Waals surface area contributed by atoms with Gasteiger partial charge in [0.05, 0.1) is 12.2 Å². The van der Waals surface area contributed by atoms with Crippen molar-refractivity contribution in [3.63, 3.8) is 0 Å².